The van der Waals surface area contributed by atoms with Crippen molar-refractivity contribution in [3.05, 3.63) is 57.9 Å². The molecule has 0 fully saturated rings. The molecule has 0 radical (unpaired) electrons. The van der Waals surface area contributed by atoms with E-state index in [-0.39, 0.29) is 5.91 Å². The number of aromatic nitrogens is 1. The first kappa shape index (κ1) is 13.6. The summed E-state index contributed by atoms with van der Waals surface area (Å²) in [5.74, 6) is -0.183. The van der Waals surface area contributed by atoms with E-state index in [1.165, 1.54) is 0 Å². The first-order chi connectivity index (χ1) is 8.97. The third-order valence-corrected chi connectivity index (χ3v) is 3.29. The van der Waals surface area contributed by atoms with E-state index >= 15 is 0 Å². The van der Waals surface area contributed by atoms with Crippen LogP contribution in [0.1, 0.15) is 27.0 Å². The van der Waals surface area contributed by atoms with Gasteiger partial charge in [0.25, 0.3) is 5.91 Å². The molecule has 0 aliphatic rings. The van der Waals surface area contributed by atoms with Crippen molar-refractivity contribution in [2.24, 2.45) is 0 Å². The van der Waals surface area contributed by atoms with Crippen LogP contribution in [0.15, 0.2) is 30.5 Å². The molecule has 0 spiro atoms. The summed E-state index contributed by atoms with van der Waals surface area (Å²) in [5, 5.41) is 3.07. The van der Waals surface area contributed by atoms with Gasteiger partial charge in [-0.1, -0.05) is 17.7 Å². The molecule has 4 heteroatoms. The Hall–Kier alpha value is -1.87. The number of nitrogens with zero attached hydrogens (tertiary/aromatic N) is 1. The highest BCUT2D eigenvalue weighted by atomic mass is 35.5. The van der Waals surface area contributed by atoms with Crippen LogP contribution in [0, 0.1) is 20.8 Å². The van der Waals surface area contributed by atoms with Crippen LogP contribution >= 0.6 is 11.6 Å². The Kier molecular flexibility index (Phi) is 3.86. The first-order valence-corrected chi connectivity index (χ1v) is 6.36. The largest absolute Gasteiger partial charge is 0.319 e. The van der Waals surface area contributed by atoms with Gasteiger partial charge in [-0.2, -0.15) is 0 Å². The molecule has 19 heavy (non-hydrogen) atoms. The van der Waals surface area contributed by atoms with E-state index in [1.807, 2.05) is 32.9 Å². The predicted molar refractivity (Wildman–Crippen MR) is 77.9 cm³/mol. The average Bonchev–Trinajstić information content (AvgIpc) is 2.37. The molecule has 1 aromatic carbocycles. The highest BCUT2D eigenvalue weighted by Gasteiger charge is 2.10. The first-order valence-electron chi connectivity index (χ1n) is 5.98. The molecule has 98 valence electrons. The molecule has 1 N–H and O–H groups in total. The van der Waals surface area contributed by atoms with E-state index in [9.17, 15) is 4.79 Å². The zero-order chi connectivity index (χ0) is 14.0. The van der Waals surface area contributed by atoms with Crippen molar-refractivity contribution in [2.75, 3.05) is 5.32 Å². The lowest BCUT2D eigenvalue weighted by Crippen LogP contribution is -2.13. The van der Waals surface area contributed by atoms with Crippen molar-refractivity contribution in [2.45, 2.75) is 20.8 Å². The third-order valence-electron chi connectivity index (χ3n) is 2.99. The summed E-state index contributed by atoms with van der Waals surface area (Å²) in [7, 11) is 0. The minimum absolute atomic E-state index is 0.183. The molecule has 1 heterocycles. The second-order valence-electron chi connectivity index (χ2n) is 4.60. The van der Waals surface area contributed by atoms with Gasteiger partial charge < -0.3 is 5.32 Å². The van der Waals surface area contributed by atoms with E-state index in [1.54, 1.807) is 18.3 Å². The molecule has 0 aliphatic carbocycles. The van der Waals surface area contributed by atoms with Crippen LogP contribution in [0.3, 0.4) is 0 Å². The van der Waals surface area contributed by atoms with Crippen LogP contribution in [0.4, 0.5) is 5.69 Å². The highest BCUT2D eigenvalue weighted by Crippen LogP contribution is 2.21. The van der Waals surface area contributed by atoms with Crippen molar-refractivity contribution >= 4 is 23.2 Å². The van der Waals surface area contributed by atoms with E-state index < -0.39 is 0 Å². The minimum Gasteiger partial charge on any atom is -0.319 e. The fourth-order valence-electron chi connectivity index (χ4n) is 1.72. The number of hydrogen-bond acceptors (Lipinski definition) is 2. The van der Waals surface area contributed by atoms with Gasteiger partial charge >= 0.3 is 0 Å². The van der Waals surface area contributed by atoms with Crippen LogP contribution in [0.5, 0.6) is 0 Å². The van der Waals surface area contributed by atoms with Gasteiger partial charge in [-0.3, -0.25) is 4.79 Å². The minimum atomic E-state index is -0.183. The van der Waals surface area contributed by atoms with Gasteiger partial charge in [0.05, 0.1) is 5.69 Å². The Morgan fingerprint density at radius 3 is 2.58 bits per heavy atom. The van der Waals surface area contributed by atoms with Crippen molar-refractivity contribution < 1.29 is 4.79 Å². The zero-order valence-corrected chi connectivity index (χ0v) is 11.9. The fourth-order valence-corrected chi connectivity index (χ4v) is 1.87. The maximum Gasteiger partial charge on any atom is 0.255 e. The van der Waals surface area contributed by atoms with Crippen LogP contribution in [-0.4, -0.2) is 10.9 Å². The number of carbonyl (C=O) groups is 1. The number of halogens is 1. The molecular weight excluding hydrogens is 260 g/mol. The average molecular weight is 275 g/mol. The Balaban J connectivity index is 2.25. The SMILES string of the molecule is Cc1cnc(Cl)c(NC(=O)c2ccc(C)c(C)c2)c1. The number of carbonyl (C=O) groups excluding carboxylic acids is 1. The number of benzene rings is 1. The highest BCUT2D eigenvalue weighted by molar-refractivity contribution is 6.32. The van der Waals surface area contributed by atoms with Crippen LogP contribution < -0.4 is 5.32 Å². The molecular formula is C15H15ClN2O. The number of hydrogen-bond donors (Lipinski definition) is 1. The standard InChI is InChI=1S/C15H15ClN2O/c1-9-6-13(14(16)17-8-9)18-15(19)12-5-4-10(2)11(3)7-12/h4-8H,1-3H3,(H,18,19). The van der Waals surface area contributed by atoms with Gasteiger partial charge in [-0.05, 0) is 55.7 Å². The lowest BCUT2D eigenvalue weighted by Gasteiger charge is -2.09. The molecule has 2 rings (SSSR count). The van der Waals surface area contributed by atoms with Gasteiger partial charge in [0.15, 0.2) is 5.15 Å². The number of rotatable bonds is 2. The molecule has 0 saturated carbocycles. The molecule has 0 saturated heterocycles. The number of pyridine rings is 1. The summed E-state index contributed by atoms with van der Waals surface area (Å²) >= 11 is 5.96. The second-order valence-corrected chi connectivity index (χ2v) is 4.96. The van der Waals surface area contributed by atoms with Crippen LogP contribution in [0.25, 0.3) is 0 Å². The number of amides is 1. The fraction of sp³-hybridized carbons (Fsp3) is 0.200. The predicted octanol–water partition coefficient (Wildman–Crippen LogP) is 3.91. The van der Waals surface area contributed by atoms with Gasteiger partial charge in [-0.15, -0.1) is 0 Å². The van der Waals surface area contributed by atoms with E-state index in [0.717, 1.165) is 16.7 Å². The summed E-state index contributed by atoms with van der Waals surface area (Å²) in [6, 6.07) is 7.39. The monoisotopic (exact) mass is 274 g/mol. The van der Waals surface area contributed by atoms with Crippen molar-refractivity contribution in [1.82, 2.24) is 4.98 Å². The molecule has 0 unspecified atom stereocenters. The summed E-state index contributed by atoms with van der Waals surface area (Å²) in [6.07, 6.45) is 1.66. The lowest BCUT2D eigenvalue weighted by molar-refractivity contribution is 0.102. The van der Waals surface area contributed by atoms with Crippen LogP contribution in [-0.2, 0) is 0 Å². The summed E-state index contributed by atoms with van der Waals surface area (Å²) < 4.78 is 0. The Morgan fingerprint density at radius 2 is 1.89 bits per heavy atom. The number of anilines is 1. The number of nitrogens with one attached hydrogen (secondary N) is 1. The Morgan fingerprint density at radius 1 is 1.16 bits per heavy atom. The normalized spacial score (nSPS) is 10.3. The second kappa shape index (κ2) is 5.41. The van der Waals surface area contributed by atoms with E-state index in [4.69, 9.17) is 11.6 Å². The summed E-state index contributed by atoms with van der Waals surface area (Å²) in [6.45, 7) is 5.89. The molecule has 0 atom stereocenters. The zero-order valence-electron chi connectivity index (χ0n) is 11.1. The van der Waals surface area contributed by atoms with Gasteiger partial charge in [0.1, 0.15) is 0 Å². The Labute approximate surface area is 117 Å². The smallest absolute Gasteiger partial charge is 0.255 e. The number of aryl methyl sites for hydroxylation is 3. The third kappa shape index (κ3) is 3.12. The summed E-state index contributed by atoms with van der Waals surface area (Å²) in [4.78, 5) is 16.2. The van der Waals surface area contributed by atoms with E-state index in [2.05, 4.69) is 10.3 Å². The Bertz CT molecular complexity index is 638. The van der Waals surface area contributed by atoms with Gasteiger partial charge in [0.2, 0.25) is 0 Å². The quantitative estimate of drug-likeness (QED) is 0.844. The maximum atomic E-state index is 12.1. The lowest BCUT2D eigenvalue weighted by atomic mass is 10.1. The molecule has 1 aromatic heterocycles. The topological polar surface area (TPSA) is 42.0 Å². The van der Waals surface area contributed by atoms with E-state index in [0.29, 0.717) is 16.4 Å². The summed E-state index contributed by atoms with van der Waals surface area (Å²) in [5.41, 5.74) is 4.33. The molecule has 2 aromatic rings. The van der Waals surface area contributed by atoms with Crippen molar-refractivity contribution in [3.8, 4) is 0 Å². The molecule has 0 aliphatic heterocycles. The van der Waals surface area contributed by atoms with Crippen molar-refractivity contribution in [1.29, 1.82) is 0 Å². The molecule has 3 nitrogen and oxygen atoms in total. The van der Waals surface area contributed by atoms with Gasteiger partial charge in [0, 0.05) is 11.8 Å². The molecule has 0 bridgehead atoms. The van der Waals surface area contributed by atoms with Crippen molar-refractivity contribution in [3.63, 3.8) is 0 Å². The van der Waals surface area contributed by atoms with Gasteiger partial charge in [-0.25, -0.2) is 4.98 Å². The molecule has 1 amide bonds. The van der Waals surface area contributed by atoms with Crippen LogP contribution in [0.2, 0.25) is 5.15 Å². The maximum absolute atomic E-state index is 12.1.